The number of aryl methyl sites for hydroxylation is 1. The average molecular weight is 272 g/mol. The number of carbonyl (C=O) groups is 1. The molecule has 0 unspecified atom stereocenters. The molecule has 0 radical (unpaired) electrons. The Kier molecular flexibility index (Phi) is 3.02. The first-order chi connectivity index (χ1) is 9.60. The van der Waals surface area contributed by atoms with Crippen LogP contribution in [0.2, 0.25) is 0 Å². The highest BCUT2D eigenvalue weighted by molar-refractivity contribution is 5.92. The van der Waals surface area contributed by atoms with Crippen LogP contribution in [0.3, 0.4) is 0 Å². The predicted molar refractivity (Wildman–Crippen MR) is 72.0 cm³/mol. The number of amides is 1. The van der Waals surface area contributed by atoms with Gasteiger partial charge in [0.05, 0.1) is 12.7 Å². The van der Waals surface area contributed by atoms with Crippen LogP contribution in [0.25, 0.3) is 0 Å². The fraction of sp³-hybridized carbons (Fsp3) is 0.357. The summed E-state index contributed by atoms with van der Waals surface area (Å²) in [6.07, 6.45) is 1.93. The number of likely N-dealkylation sites (tertiary alicyclic amines) is 1. The van der Waals surface area contributed by atoms with Crippen LogP contribution in [0.5, 0.6) is 0 Å². The van der Waals surface area contributed by atoms with E-state index in [0.717, 1.165) is 11.1 Å². The van der Waals surface area contributed by atoms with Gasteiger partial charge < -0.3 is 10.0 Å². The van der Waals surface area contributed by atoms with Gasteiger partial charge in [-0.25, -0.2) is 0 Å². The molecule has 3 rings (SSSR count). The van der Waals surface area contributed by atoms with Crippen LogP contribution in [0, 0.1) is 6.92 Å². The topological polar surface area (TPSA) is 82.1 Å². The summed E-state index contributed by atoms with van der Waals surface area (Å²) >= 11 is 0. The van der Waals surface area contributed by atoms with Crippen LogP contribution >= 0.6 is 0 Å². The lowest BCUT2D eigenvalue weighted by molar-refractivity contribution is 0.0410. The van der Waals surface area contributed by atoms with E-state index in [4.69, 9.17) is 0 Å². The van der Waals surface area contributed by atoms with Crippen LogP contribution < -0.4 is 0 Å². The van der Waals surface area contributed by atoms with Crippen molar-refractivity contribution in [2.45, 2.75) is 18.9 Å². The van der Waals surface area contributed by atoms with Crippen LogP contribution in [-0.2, 0) is 5.60 Å². The maximum Gasteiger partial charge on any atom is 0.276 e. The van der Waals surface area contributed by atoms with Gasteiger partial charge >= 0.3 is 0 Å². The van der Waals surface area contributed by atoms with E-state index in [-0.39, 0.29) is 18.1 Å². The minimum Gasteiger partial charge on any atom is -0.383 e. The molecule has 1 amide bonds. The van der Waals surface area contributed by atoms with Gasteiger partial charge in [-0.2, -0.15) is 15.4 Å². The van der Waals surface area contributed by atoms with Gasteiger partial charge in [-0.15, -0.1) is 0 Å². The summed E-state index contributed by atoms with van der Waals surface area (Å²) in [5.74, 6) is -0.205. The molecule has 1 aliphatic rings. The van der Waals surface area contributed by atoms with E-state index in [1.54, 1.807) is 4.90 Å². The number of carbonyl (C=O) groups excluding carboxylic acids is 1. The number of aromatic amines is 1. The lowest BCUT2D eigenvalue weighted by Gasteiger charge is -2.25. The molecule has 1 fully saturated rings. The second-order valence-corrected chi connectivity index (χ2v) is 5.18. The molecule has 1 aliphatic heterocycles. The molecule has 1 aromatic carbocycles. The third-order valence-corrected chi connectivity index (χ3v) is 3.82. The van der Waals surface area contributed by atoms with E-state index in [1.165, 1.54) is 6.20 Å². The van der Waals surface area contributed by atoms with Crippen molar-refractivity contribution in [2.24, 2.45) is 0 Å². The summed E-state index contributed by atoms with van der Waals surface area (Å²) < 4.78 is 0. The highest BCUT2D eigenvalue weighted by Crippen LogP contribution is 2.34. The molecule has 1 atom stereocenters. The number of hydrogen-bond donors (Lipinski definition) is 2. The zero-order chi connectivity index (χ0) is 14.2. The quantitative estimate of drug-likeness (QED) is 0.849. The van der Waals surface area contributed by atoms with Crippen LogP contribution in [0.4, 0.5) is 0 Å². The van der Waals surface area contributed by atoms with Crippen molar-refractivity contribution in [1.29, 1.82) is 0 Å². The van der Waals surface area contributed by atoms with Gasteiger partial charge in [-0.05, 0) is 24.5 Å². The molecular formula is C14H16N4O2. The Balaban J connectivity index is 1.83. The zero-order valence-electron chi connectivity index (χ0n) is 11.2. The van der Waals surface area contributed by atoms with E-state index in [0.29, 0.717) is 13.0 Å². The molecule has 6 heteroatoms. The van der Waals surface area contributed by atoms with Crippen molar-refractivity contribution in [2.75, 3.05) is 13.1 Å². The SMILES string of the molecule is Cc1ccccc1[C@@]1(O)CCN(C(=O)c2cn[nH]n2)C1. The number of nitrogens with zero attached hydrogens (tertiary/aromatic N) is 3. The Labute approximate surface area is 116 Å². The largest absolute Gasteiger partial charge is 0.383 e. The lowest BCUT2D eigenvalue weighted by Crippen LogP contribution is -2.35. The van der Waals surface area contributed by atoms with Gasteiger partial charge in [0, 0.05) is 6.54 Å². The first-order valence-corrected chi connectivity index (χ1v) is 6.54. The highest BCUT2D eigenvalue weighted by atomic mass is 16.3. The number of β-amino-alcohol motifs (C(OH)–C–C–N with tert-alkyl or cyclic N) is 1. The minimum absolute atomic E-state index is 0.205. The molecule has 104 valence electrons. The van der Waals surface area contributed by atoms with Crippen molar-refractivity contribution < 1.29 is 9.90 Å². The Morgan fingerprint density at radius 2 is 2.25 bits per heavy atom. The summed E-state index contributed by atoms with van der Waals surface area (Å²) in [7, 11) is 0. The number of rotatable bonds is 2. The highest BCUT2D eigenvalue weighted by Gasteiger charge is 2.40. The maximum atomic E-state index is 12.2. The fourth-order valence-electron chi connectivity index (χ4n) is 2.75. The van der Waals surface area contributed by atoms with Gasteiger partial charge in [0.25, 0.3) is 5.91 Å². The molecular weight excluding hydrogens is 256 g/mol. The van der Waals surface area contributed by atoms with Gasteiger partial charge in [0.15, 0.2) is 5.69 Å². The average Bonchev–Trinajstić information content (AvgIpc) is 3.08. The second kappa shape index (κ2) is 4.72. The van der Waals surface area contributed by atoms with Gasteiger partial charge in [-0.3, -0.25) is 4.79 Å². The molecule has 6 nitrogen and oxygen atoms in total. The number of nitrogens with one attached hydrogen (secondary N) is 1. The van der Waals surface area contributed by atoms with Crippen LogP contribution in [-0.4, -0.2) is 44.4 Å². The van der Waals surface area contributed by atoms with Crippen LogP contribution in [0.15, 0.2) is 30.5 Å². The Morgan fingerprint density at radius 3 is 2.95 bits per heavy atom. The molecule has 0 spiro atoms. The van der Waals surface area contributed by atoms with E-state index in [2.05, 4.69) is 15.4 Å². The first kappa shape index (κ1) is 12.8. The van der Waals surface area contributed by atoms with E-state index < -0.39 is 5.60 Å². The zero-order valence-corrected chi connectivity index (χ0v) is 11.2. The van der Waals surface area contributed by atoms with Crippen molar-refractivity contribution >= 4 is 5.91 Å². The predicted octanol–water partition coefficient (Wildman–Crippen LogP) is 0.847. The number of hydrogen-bond acceptors (Lipinski definition) is 4. The van der Waals surface area contributed by atoms with Crippen molar-refractivity contribution in [3.05, 3.63) is 47.3 Å². The minimum atomic E-state index is -0.981. The van der Waals surface area contributed by atoms with E-state index >= 15 is 0 Å². The smallest absolute Gasteiger partial charge is 0.276 e. The van der Waals surface area contributed by atoms with Crippen molar-refractivity contribution in [3.63, 3.8) is 0 Å². The number of aromatic nitrogens is 3. The molecule has 0 bridgehead atoms. The second-order valence-electron chi connectivity index (χ2n) is 5.18. The standard InChI is InChI=1S/C14H16N4O2/c1-10-4-2-3-5-11(10)14(20)6-7-18(9-14)13(19)12-8-15-17-16-12/h2-5,8,20H,6-7,9H2,1H3,(H,15,16,17)/t14-/m1/s1. The van der Waals surface area contributed by atoms with Crippen molar-refractivity contribution in [3.8, 4) is 0 Å². The van der Waals surface area contributed by atoms with Crippen LogP contribution in [0.1, 0.15) is 28.0 Å². The molecule has 20 heavy (non-hydrogen) atoms. The summed E-state index contributed by atoms with van der Waals surface area (Å²) in [5.41, 5.74) is 1.21. The lowest BCUT2D eigenvalue weighted by atomic mass is 9.89. The number of benzene rings is 1. The van der Waals surface area contributed by atoms with Crippen molar-refractivity contribution in [1.82, 2.24) is 20.3 Å². The molecule has 1 saturated heterocycles. The molecule has 0 aliphatic carbocycles. The molecule has 1 aromatic heterocycles. The first-order valence-electron chi connectivity index (χ1n) is 6.54. The Bertz CT molecular complexity index is 626. The molecule has 0 saturated carbocycles. The van der Waals surface area contributed by atoms with E-state index in [1.807, 2.05) is 31.2 Å². The van der Waals surface area contributed by atoms with Gasteiger partial charge in [0.2, 0.25) is 0 Å². The Hall–Kier alpha value is -2.21. The number of aliphatic hydroxyl groups is 1. The third-order valence-electron chi connectivity index (χ3n) is 3.82. The summed E-state index contributed by atoms with van der Waals surface area (Å²) in [4.78, 5) is 13.8. The van der Waals surface area contributed by atoms with Gasteiger partial charge in [-0.1, -0.05) is 24.3 Å². The third kappa shape index (κ3) is 2.08. The monoisotopic (exact) mass is 272 g/mol. The summed E-state index contributed by atoms with van der Waals surface area (Å²) in [5, 5.41) is 20.7. The molecule has 2 heterocycles. The number of H-pyrrole nitrogens is 1. The maximum absolute atomic E-state index is 12.2. The van der Waals surface area contributed by atoms with E-state index in [9.17, 15) is 9.90 Å². The molecule has 2 aromatic rings. The molecule has 2 N–H and O–H groups in total. The summed E-state index contributed by atoms with van der Waals surface area (Å²) in [6.45, 7) is 2.76. The Morgan fingerprint density at radius 1 is 1.45 bits per heavy atom. The normalized spacial score (nSPS) is 22.2. The van der Waals surface area contributed by atoms with Gasteiger partial charge in [0.1, 0.15) is 5.60 Å². The summed E-state index contributed by atoms with van der Waals surface area (Å²) in [6, 6.07) is 7.73. The fourth-order valence-corrected chi connectivity index (χ4v) is 2.75.